The van der Waals surface area contributed by atoms with Crippen LogP contribution in [0.4, 0.5) is 5.69 Å². The lowest BCUT2D eigenvalue weighted by Gasteiger charge is -2.34. The van der Waals surface area contributed by atoms with Crippen LogP contribution in [0.5, 0.6) is 0 Å². The van der Waals surface area contributed by atoms with E-state index in [0.717, 1.165) is 12.5 Å². The second kappa shape index (κ2) is 5.75. The lowest BCUT2D eigenvalue weighted by atomic mass is 9.89. The monoisotopic (exact) mass is 246 g/mol. The molecule has 2 unspecified atom stereocenters. The molecule has 1 aromatic carbocycles. The largest absolute Gasteiger partial charge is 0.378 e. The van der Waals surface area contributed by atoms with Crippen LogP contribution in [0.15, 0.2) is 24.3 Å². The summed E-state index contributed by atoms with van der Waals surface area (Å²) in [4.78, 5) is 0. The van der Waals surface area contributed by atoms with E-state index in [0.29, 0.717) is 0 Å². The molecule has 2 rings (SSSR count). The molecule has 3 N–H and O–H groups in total. The van der Waals surface area contributed by atoms with E-state index in [1.54, 1.807) is 0 Å². The smallest absolute Gasteiger partial charge is 0.0495 e. The second-order valence-electron chi connectivity index (χ2n) is 5.96. The van der Waals surface area contributed by atoms with Gasteiger partial charge in [-0.05, 0) is 43.7 Å². The van der Waals surface area contributed by atoms with Crippen LogP contribution >= 0.6 is 0 Å². The molecule has 0 radical (unpaired) electrons. The van der Waals surface area contributed by atoms with Gasteiger partial charge in [-0.1, -0.05) is 38.0 Å². The number of nitrogens with two attached hydrogens (primary N) is 1. The zero-order valence-electron chi connectivity index (χ0n) is 11.7. The van der Waals surface area contributed by atoms with E-state index in [4.69, 9.17) is 5.73 Å². The van der Waals surface area contributed by atoms with E-state index >= 15 is 0 Å². The summed E-state index contributed by atoms with van der Waals surface area (Å²) in [7, 11) is 0. The fraction of sp³-hybridized carbons (Fsp3) is 0.625. The molecule has 1 saturated carbocycles. The average Bonchev–Trinajstić information content (AvgIpc) is 2.56. The van der Waals surface area contributed by atoms with E-state index in [-0.39, 0.29) is 5.54 Å². The predicted octanol–water partition coefficient (Wildman–Crippen LogP) is 3.70. The zero-order chi connectivity index (χ0) is 13.0. The van der Waals surface area contributed by atoms with Gasteiger partial charge in [0.25, 0.3) is 0 Å². The fourth-order valence-electron chi connectivity index (χ4n) is 2.96. The summed E-state index contributed by atoms with van der Waals surface area (Å²) in [5, 5.41) is 3.75. The molecule has 0 aromatic heterocycles. The molecule has 0 saturated heterocycles. The highest BCUT2D eigenvalue weighted by molar-refractivity contribution is 5.52. The van der Waals surface area contributed by atoms with Crippen LogP contribution < -0.4 is 11.1 Å². The van der Waals surface area contributed by atoms with Crippen molar-refractivity contribution in [3.05, 3.63) is 29.8 Å². The van der Waals surface area contributed by atoms with Crippen molar-refractivity contribution >= 4 is 5.69 Å². The van der Waals surface area contributed by atoms with Gasteiger partial charge in [-0.3, -0.25) is 0 Å². The van der Waals surface area contributed by atoms with E-state index in [2.05, 4.69) is 43.4 Å². The molecular weight excluding hydrogens is 220 g/mol. The quantitative estimate of drug-likeness (QED) is 0.798. The Labute approximate surface area is 111 Å². The third-order valence-electron chi connectivity index (χ3n) is 4.40. The third kappa shape index (κ3) is 3.05. The SMILES string of the molecule is Cc1ccccc1NC1(CN)CCCC(C)CC1. The number of aryl methyl sites for hydroxylation is 1. The Bertz CT molecular complexity index is 388. The van der Waals surface area contributed by atoms with Gasteiger partial charge in [0.05, 0.1) is 0 Å². The summed E-state index contributed by atoms with van der Waals surface area (Å²) in [6.07, 6.45) is 6.31. The van der Waals surface area contributed by atoms with Gasteiger partial charge in [-0.2, -0.15) is 0 Å². The van der Waals surface area contributed by atoms with Gasteiger partial charge in [-0.25, -0.2) is 0 Å². The Morgan fingerprint density at radius 3 is 2.78 bits per heavy atom. The minimum absolute atomic E-state index is 0.108. The highest BCUT2D eigenvalue weighted by Crippen LogP contribution is 2.33. The van der Waals surface area contributed by atoms with Crippen molar-refractivity contribution in [3.8, 4) is 0 Å². The lowest BCUT2D eigenvalue weighted by molar-refractivity contribution is 0.409. The van der Waals surface area contributed by atoms with E-state index < -0.39 is 0 Å². The Morgan fingerprint density at radius 2 is 2.06 bits per heavy atom. The zero-order valence-corrected chi connectivity index (χ0v) is 11.7. The molecule has 1 aliphatic carbocycles. The highest BCUT2D eigenvalue weighted by atomic mass is 15.0. The Balaban J connectivity index is 2.15. The summed E-state index contributed by atoms with van der Waals surface area (Å²) in [5.74, 6) is 0.845. The molecule has 2 heteroatoms. The van der Waals surface area contributed by atoms with Gasteiger partial charge in [0.15, 0.2) is 0 Å². The van der Waals surface area contributed by atoms with Crippen molar-refractivity contribution in [2.24, 2.45) is 11.7 Å². The molecule has 1 fully saturated rings. The summed E-state index contributed by atoms with van der Waals surface area (Å²) < 4.78 is 0. The predicted molar refractivity (Wildman–Crippen MR) is 78.8 cm³/mol. The van der Waals surface area contributed by atoms with Crippen LogP contribution in [0.2, 0.25) is 0 Å². The standard InChI is InChI=1S/C16H26N2/c1-13-6-5-10-16(12-17,11-9-13)18-15-8-4-3-7-14(15)2/h3-4,7-8,13,18H,5-6,9-12,17H2,1-2H3. The van der Waals surface area contributed by atoms with Gasteiger partial charge < -0.3 is 11.1 Å². The number of anilines is 1. The normalized spacial score (nSPS) is 28.7. The van der Waals surface area contributed by atoms with Gasteiger partial charge in [0.2, 0.25) is 0 Å². The molecule has 0 amide bonds. The molecule has 0 spiro atoms. The minimum Gasteiger partial charge on any atom is -0.378 e. The van der Waals surface area contributed by atoms with Crippen molar-refractivity contribution in [2.45, 2.75) is 51.5 Å². The number of para-hydroxylation sites is 1. The van der Waals surface area contributed by atoms with Crippen LogP contribution in [-0.4, -0.2) is 12.1 Å². The van der Waals surface area contributed by atoms with Crippen molar-refractivity contribution < 1.29 is 0 Å². The molecule has 2 nitrogen and oxygen atoms in total. The Kier molecular flexibility index (Phi) is 4.28. The number of hydrogen-bond acceptors (Lipinski definition) is 2. The molecule has 1 aliphatic rings. The molecule has 100 valence electrons. The highest BCUT2D eigenvalue weighted by Gasteiger charge is 2.31. The van der Waals surface area contributed by atoms with Crippen LogP contribution in [-0.2, 0) is 0 Å². The third-order valence-corrected chi connectivity index (χ3v) is 4.40. The van der Waals surface area contributed by atoms with Crippen molar-refractivity contribution in [2.75, 3.05) is 11.9 Å². The molecule has 0 bridgehead atoms. The molecule has 18 heavy (non-hydrogen) atoms. The van der Waals surface area contributed by atoms with Crippen LogP contribution in [0.25, 0.3) is 0 Å². The van der Waals surface area contributed by atoms with E-state index in [9.17, 15) is 0 Å². The maximum absolute atomic E-state index is 6.09. The van der Waals surface area contributed by atoms with Crippen LogP contribution in [0.3, 0.4) is 0 Å². The maximum Gasteiger partial charge on any atom is 0.0495 e. The van der Waals surface area contributed by atoms with Gasteiger partial charge in [-0.15, -0.1) is 0 Å². The molecular formula is C16H26N2. The Hall–Kier alpha value is -1.02. The van der Waals surface area contributed by atoms with Crippen LogP contribution in [0, 0.1) is 12.8 Å². The molecule has 0 heterocycles. The first kappa shape index (κ1) is 13.4. The van der Waals surface area contributed by atoms with Gasteiger partial charge in [0.1, 0.15) is 0 Å². The van der Waals surface area contributed by atoms with E-state index in [1.807, 2.05) is 0 Å². The van der Waals surface area contributed by atoms with Crippen molar-refractivity contribution in [3.63, 3.8) is 0 Å². The van der Waals surface area contributed by atoms with E-state index in [1.165, 1.54) is 43.4 Å². The van der Waals surface area contributed by atoms with Crippen molar-refractivity contribution in [1.82, 2.24) is 0 Å². The number of hydrogen-bond donors (Lipinski definition) is 2. The van der Waals surface area contributed by atoms with Crippen molar-refractivity contribution in [1.29, 1.82) is 0 Å². The minimum atomic E-state index is 0.108. The Morgan fingerprint density at radius 1 is 1.28 bits per heavy atom. The molecule has 1 aromatic rings. The van der Waals surface area contributed by atoms with Gasteiger partial charge in [0, 0.05) is 17.8 Å². The summed E-state index contributed by atoms with van der Waals surface area (Å²) in [6.45, 7) is 5.25. The number of nitrogens with one attached hydrogen (secondary N) is 1. The van der Waals surface area contributed by atoms with Crippen LogP contribution in [0.1, 0.15) is 44.6 Å². The summed E-state index contributed by atoms with van der Waals surface area (Å²) in [5.41, 5.74) is 8.75. The summed E-state index contributed by atoms with van der Waals surface area (Å²) >= 11 is 0. The maximum atomic E-state index is 6.09. The molecule has 2 atom stereocenters. The fourth-order valence-corrected chi connectivity index (χ4v) is 2.96. The number of rotatable bonds is 3. The first-order valence-electron chi connectivity index (χ1n) is 7.19. The second-order valence-corrected chi connectivity index (χ2v) is 5.96. The number of benzene rings is 1. The topological polar surface area (TPSA) is 38.0 Å². The van der Waals surface area contributed by atoms with Gasteiger partial charge >= 0.3 is 0 Å². The average molecular weight is 246 g/mol. The lowest BCUT2D eigenvalue weighted by Crippen LogP contribution is -2.45. The first-order valence-corrected chi connectivity index (χ1v) is 7.19. The first-order chi connectivity index (χ1) is 8.65. The molecule has 0 aliphatic heterocycles. The summed E-state index contributed by atoms with van der Waals surface area (Å²) in [6, 6.07) is 8.51.